The summed E-state index contributed by atoms with van der Waals surface area (Å²) in [6.07, 6.45) is 0. The second-order valence-corrected chi connectivity index (χ2v) is 5.18. The molecule has 0 saturated heterocycles. The number of rotatable bonds is 5. The first-order valence-corrected chi connectivity index (χ1v) is 6.19. The summed E-state index contributed by atoms with van der Waals surface area (Å²) in [5.41, 5.74) is 0.512. The van der Waals surface area contributed by atoms with Gasteiger partial charge in [0.15, 0.2) is 0 Å². The summed E-state index contributed by atoms with van der Waals surface area (Å²) in [7, 11) is 1.58. The number of ether oxygens (including phenoxy) is 1. The molecule has 0 radical (unpaired) electrons. The normalized spacial score (nSPS) is 10.8. The van der Waals surface area contributed by atoms with Crippen molar-refractivity contribution >= 4 is 17.7 Å². The Morgan fingerprint density at radius 2 is 2.00 bits per heavy atom. The first-order valence-electron chi connectivity index (χ1n) is 6.19. The number of carbonyl (C=O) groups is 2. The van der Waals surface area contributed by atoms with Gasteiger partial charge in [0, 0.05) is 12.2 Å². The molecule has 1 aromatic rings. The molecule has 1 aromatic carbocycles. The van der Waals surface area contributed by atoms with E-state index in [1.54, 1.807) is 39.2 Å². The van der Waals surface area contributed by atoms with Crippen molar-refractivity contribution in [1.29, 1.82) is 0 Å². The Hall–Kier alpha value is -2.24. The first kappa shape index (κ1) is 15.8. The van der Waals surface area contributed by atoms with Gasteiger partial charge < -0.3 is 20.5 Å². The van der Waals surface area contributed by atoms with E-state index in [1.165, 1.54) is 0 Å². The number of carboxylic acids is 1. The summed E-state index contributed by atoms with van der Waals surface area (Å²) >= 11 is 0. The van der Waals surface area contributed by atoms with E-state index in [4.69, 9.17) is 9.84 Å². The van der Waals surface area contributed by atoms with E-state index in [-0.39, 0.29) is 6.54 Å². The molecule has 0 aliphatic carbocycles. The van der Waals surface area contributed by atoms with Gasteiger partial charge in [-0.25, -0.2) is 4.79 Å². The molecule has 0 fully saturated rings. The summed E-state index contributed by atoms with van der Waals surface area (Å²) in [5, 5.41) is 14.1. The molecule has 3 N–H and O–H groups in total. The fourth-order valence-electron chi connectivity index (χ4n) is 1.51. The van der Waals surface area contributed by atoms with Crippen molar-refractivity contribution in [2.24, 2.45) is 5.41 Å². The average Bonchev–Trinajstić information content (AvgIpc) is 2.36. The van der Waals surface area contributed by atoms with Crippen molar-refractivity contribution in [1.82, 2.24) is 5.32 Å². The molecule has 6 heteroatoms. The fraction of sp³-hybridized carbons (Fsp3) is 0.429. The van der Waals surface area contributed by atoms with E-state index >= 15 is 0 Å². The third-order valence-corrected chi connectivity index (χ3v) is 2.92. The Morgan fingerprint density at radius 1 is 1.35 bits per heavy atom. The summed E-state index contributed by atoms with van der Waals surface area (Å²) in [4.78, 5) is 22.6. The quantitative estimate of drug-likeness (QED) is 0.771. The monoisotopic (exact) mass is 280 g/mol. The largest absolute Gasteiger partial charge is 0.496 e. The zero-order valence-corrected chi connectivity index (χ0v) is 12.1. The molecule has 0 aliphatic heterocycles. The molecule has 0 spiro atoms. The molecule has 0 aliphatic rings. The highest BCUT2D eigenvalue weighted by molar-refractivity contribution is 5.89. The minimum Gasteiger partial charge on any atom is -0.496 e. The Labute approximate surface area is 118 Å². The molecular weight excluding hydrogens is 260 g/mol. The maximum Gasteiger partial charge on any atom is 0.319 e. The number of methoxy groups -OCH3 is 1. The van der Waals surface area contributed by atoms with Crippen molar-refractivity contribution in [3.63, 3.8) is 0 Å². The second-order valence-electron chi connectivity index (χ2n) is 5.18. The molecule has 0 bridgehead atoms. The molecule has 0 heterocycles. The lowest BCUT2D eigenvalue weighted by Gasteiger charge is -2.19. The van der Waals surface area contributed by atoms with E-state index in [1.807, 2.05) is 6.92 Å². The Morgan fingerprint density at radius 3 is 2.50 bits per heavy atom. The highest BCUT2D eigenvalue weighted by Gasteiger charge is 2.27. The van der Waals surface area contributed by atoms with Crippen LogP contribution in [0.2, 0.25) is 0 Å². The van der Waals surface area contributed by atoms with Crippen LogP contribution in [0.1, 0.15) is 19.4 Å². The highest BCUT2D eigenvalue weighted by Crippen LogP contribution is 2.21. The van der Waals surface area contributed by atoms with Gasteiger partial charge in [-0.05, 0) is 44.5 Å². The maximum absolute atomic E-state index is 11.7. The van der Waals surface area contributed by atoms with E-state index in [2.05, 4.69) is 10.6 Å². The third kappa shape index (κ3) is 4.15. The molecule has 0 atom stereocenters. The average molecular weight is 280 g/mol. The summed E-state index contributed by atoms with van der Waals surface area (Å²) in [6.45, 7) is 5.01. The molecular formula is C14H20N2O4. The Kier molecular flexibility index (Phi) is 4.96. The third-order valence-electron chi connectivity index (χ3n) is 2.92. The van der Waals surface area contributed by atoms with Crippen molar-refractivity contribution < 1.29 is 19.4 Å². The van der Waals surface area contributed by atoms with Crippen LogP contribution >= 0.6 is 0 Å². The van der Waals surface area contributed by atoms with Gasteiger partial charge in [-0.1, -0.05) is 0 Å². The van der Waals surface area contributed by atoms with Crippen molar-refractivity contribution in [3.05, 3.63) is 23.8 Å². The number of hydrogen-bond donors (Lipinski definition) is 3. The van der Waals surface area contributed by atoms with Gasteiger partial charge in [0.2, 0.25) is 0 Å². The molecule has 0 saturated carbocycles. The predicted molar refractivity (Wildman–Crippen MR) is 76.2 cm³/mol. The minimum absolute atomic E-state index is 0.0449. The van der Waals surface area contributed by atoms with Crippen molar-refractivity contribution in [3.8, 4) is 5.75 Å². The second kappa shape index (κ2) is 6.27. The lowest BCUT2D eigenvalue weighted by molar-refractivity contribution is -0.146. The topological polar surface area (TPSA) is 87.7 Å². The van der Waals surface area contributed by atoms with Crippen LogP contribution in [0.5, 0.6) is 5.75 Å². The zero-order valence-electron chi connectivity index (χ0n) is 12.1. The predicted octanol–water partition coefficient (Wildman–Crippen LogP) is 2.24. The van der Waals surface area contributed by atoms with Crippen molar-refractivity contribution in [2.75, 3.05) is 19.0 Å². The van der Waals surface area contributed by atoms with Crippen LogP contribution in [0, 0.1) is 12.3 Å². The molecule has 1 rings (SSSR count). The summed E-state index contributed by atoms with van der Waals surface area (Å²) in [6, 6.07) is 4.81. The number of anilines is 1. The Bertz CT molecular complexity index is 512. The molecule has 2 amide bonds. The zero-order chi connectivity index (χ0) is 15.3. The van der Waals surface area contributed by atoms with Gasteiger partial charge in [-0.15, -0.1) is 0 Å². The molecule has 0 aromatic heterocycles. The van der Waals surface area contributed by atoms with Crippen LogP contribution in [0.3, 0.4) is 0 Å². The van der Waals surface area contributed by atoms with Crippen LogP contribution in [0.4, 0.5) is 10.5 Å². The van der Waals surface area contributed by atoms with Crippen LogP contribution in [-0.4, -0.2) is 30.8 Å². The van der Waals surface area contributed by atoms with Gasteiger partial charge in [0.1, 0.15) is 5.75 Å². The number of hydrogen-bond acceptors (Lipinski definition) is 3. The SMILES string of the molecule is COc1ccc(NC(=O)NCC(C)(C)C(=O)O)cc1C. The maximum atomic E-state index is 11.7. The molecule has 110 valence electrons. The van der Waals surface area contributed by atoms with Gasteiger partial charge in [-0.3, -0.25) is 4.79 Å². The van der Waals surface area contributed by atoms with Crippen LogP contribution in [-0.2, 0) is 4.79 Å². The number of nitrogens with one attached hydrogen (secondary N) is 2. The van der Waals surface area contributed by atoms with Gasteiger partial charge in [0.25, 0.3) is 0 Å². The lowest BCUT2D eigenvalue weighted by Crippen LogP contribution is -2.40. The van der Waals surface area contributed by atoms with E-state index in [0.29, 0.717) is 5.69 Å². The fourth-order valence-corrected chi connectivity index (χ4v) is 1.51. The molecule has 6 nitrogen and oxygen atoms in total. The highest BCUT2D eigenvalue weighted by atomic mass is 16.5. The van der Waals surface area contributed by atoms with Gasteiger partial charge >= 0.3 is 12.0 Å². The standard InChI is InChI=1S/C14H20N2O4/c1-9-7-10(5-6-11(9)20-4)16-13(19)15-8-14(2,3)12(17)18/h5-7H,8H2,1-4H3,(H,17,18)(H2,15,16,19). The van der Waals surface area contributed by atoms with Gasteiger partial charge in [-0.2, -0.15) is 0 Å². The van der Waals surface area contributed by atoms with Crippen LogP contribution < -0.4 is 15.4 Å². The number of benzene rings is 1. The number of aliphatic carboxylic acids is 1. The van der Waals surface area contributed by atoms with Crippen molar-refractivity contribution in [2.45, 2.75) is 20.8 Å². The summed E-state index contributed by atoms with van der Waals surface area (Å²) < 4.78 is 5.13. The smallest absolute Gasteiger partial charge is 0.319 e. The minimum atomic E-state index is -1.01. The lowest BCUT2D eigenvalue weighted by atomic mass is 9.94. The Balaban J connectivity index is 2.59. The number of carboxylic acid groups (broad SMARTS) is 1. The van der Waals surface area contributed by atoms with Crippen LogP contribution in [0.15, 0.2) is 18.2 Å². The number of amides is 2. The number of carbonyl (C=O) groups excluding carboxylic acids is 1. The van der Waals surface area contributed by atoms with E-state index in [9.17, 15) is 9.59 Å². The molecule has 20 heavy (non-hydrogen) atoms. The van der Waals surface area contributed by atoms with Gasteiger partial charge in [0.05, 0.1) is 12.5 Å². The van der Waals surface area contributed by atoms with Crippen LogP contribution in [0.25, 0.3) is 0 Å². The molecule has 0 unspecified atom stereocenters. The first-order chi connectivity index (χ1) is 9.26. The number of urea groups is 1. The van der Waals surface area contributed by atoms with E-state index < -0.39 is 17.4 Å². The van der Waals surface area contributed by atoms with E-state index in [0.717, 1.165) is 11.3 Å². The summed E-state index contributed by atoms with van der Waals surface area (Å²) in [5.74, 6) is -0.221. The number of aryl methyl sites for hydroxylation is 1.